The number of ether oxygens (including phenoxy) is 1. The highest BCUT2D eigenvalue weighted by atomic mass is 16.5. The Hall–Kier alpha value is -1.01. The van der Waals surface area contributed by atoms with Crippen molar-refractivity contribution in [1.29, 1.82) is 0 Å². The van der Waals surface area contributed by atoms with E-state index in [4.69, 9.17) is 4.74 Å². The molecule has 0 aromatic heterocycles. The molecule has 0 amide bonds. The van der Waals surface area contributed by atoms with Crippen molar-refractivity contribution in [2.45, 2.75) is 66.2 Å². The first-order chi connectivity index (χ1) is 8.60. The molecule has 18 heavy (non-hydrogen) atoms. The van der Waals surface area contributed by atoms with Gasteiger partial charge in [-0.2, -0.15) is 0 Å². The van der Waals surface area contributed by atoms with Crippen LogP contribution in [0.15, 0.2) is 17.4 Å². The van der Waals surface area contributed by atoms with Gasteiger partial charge in [0.15, 0.2) is 0 Å². The van der Waals surface area contributed by atoms with E-state index in [0.717, 1.165) is 12.8 Å². The van der Waals surface area contributed by atoms with E-state index in [0.29, 0.717) is 18.9 Å². The van der Waals surface area contributed by atoms with Crippen LogP contribution >= 0.6 is 0 Å². The first-order valence-corrected chi connectivity index (χ1v) is 7.18. The molecule has 0 saturated carbocycles. The van der Waals surface area contributed by atoms with E-state index >= 15 is 0 Å². The zero-order valence-corrected chi connectivity index (χ0v) is 12.4. The topological polar surface area (TPSA) is 26.3 Å². The van der Waals surface area contributed by atoms with Gasteiger partial charge < -0.3 is 4.74 Å². The summed E-state index contributed by atoms with van der Waals surface area (Å²) < 4.78 is 4.89. The highest BCUT2D eigenvalue weighted by Crippen LogP contribution is 2.10. The second kappa shape index (κ2) is 11.1. The standard InChI is InChI=1S/C16H28O2/c1-5-7-9-14(3)12-13-15(4)10-8-11-16(17)18-6-2/h12,14H,5-11H2,1-4H3. The fourth-order valence-corrected chi connectivity index (χ4v) is 1.70. The average molecular weight is 252 g/mol. The van der Waals surface area contributed by atoms with E-state index in [1.165, 1.54) is 24.8 Å². The Kier molecular flexibility index (Phi) is 10.5. The summed E-state index contributed by atoms with van der Waals surface area (Å²) in [6.45, 7) is 8.83. The van der Waals surface area contributed by atoms with E-state index in [1.54, 1.807) is 0 Å². The molecule has 0 fully saturated rings. The van der Waals surface area contributed by atoms with Gasteiger partial charge in [0, 0.05) is 6.42 Å². The fourth-order valence-electron chi connectivity index (χ4n) is 1.70. The summed E-state index contributed by atoms with van der Waals surface area (Å²) in [5, 5.41) is 0. The number of hydrogen-bond acceptors (Lipinski definition) is 2. The van der Waals surface area contributed by atoms with Gasteiger partial charge in [-0.1, -0.05) is 26.7 Å². The van der Waals surface area contributed by atoms with Gasteiger partial charge in [-0.3, -0.25) is 4.79 Å². The maximum Gasteiger partial charge on any atom is 0.305 e. The SMILES string of the molecule is CCCCC(C)C=C=C(C)CCCC(=O)OCC. The number of carbonyl (C=O) groups excluding carboxylic acids is 1. The van der Waals surface area contributed by atoms with Crippen molar-refractivity contribution in [3.8, 4) is 0 Å². The van der Waals surface area contributed by atoms with Crippen LogP contribution in [0.25, 0.3) is 0 Å². The van der Waals surface area contributed by atoms with Gasteiger partial charge in [-0.05, 0) is 50.7 Å². The van der Waals surface area contributed by atoms with E-state index in [9.17, 15) is 4.79 Å². The summed E-state index contributed by atoms with van der Waals surface area (Å²) in [5.41, 5.74) is 4.56. The second-order valence-corrected chi connectivity index (χ2v) is 4.87. The van der Waals surface area contributed by atoms with E-state index in [-0.39, 0.29) is 5.97 Å². The van der Waals surface area contributed by atoms with Crippen LogP contribution in [-0.4, -0.2) is 12.6 Å². The lowest BCUT2D eigenvalue weighted by Crippen LogP contribution is -2.03. The number of esters is 1. The van der Waals surface area contributed by atoms with Crippen molar-refractivity contribution in [3.63, 3.8) is 0 Å². The first-order valence-electron chi connectivity index (χ1n) is 7.18. The van der Waals surface area contributed by atoms with Crippen LogP contribution in [0.2, 0.25) is 0 Å². The summed E-state index contributed by atoms with van der Waals surface area (Å²) in [5.74, 6) is 0.510. The van der Waals surface area contributed by atoms with Crippen LogP contribution < -0.4 is 0 Å². The van der Waals surface area contributed by atoms with E-state index in [1.807, 2.05) is 6.92 Å². The Morgan fingerprint density at radius 1 is 1.28 bits per heavy atom. The zero-order valence-electron chi connectivity index (χ0n) is 12.4. The summed E-state index contributed by atoms with van der Waals surface area (Å²) in [6, 6.07) is 0. The summed E-state index contributed by atoms with van der Waals surface area (Å²) in [7, 11) is 0. The second-order valence-electron chi connectivity index (χ2n) is 4.87. The van der Waals surface area contributed by atoms with Crippen molar-refractivity contribution in [3.05, 3.63) is 17.4 Å². The Morgan fingerprint density at radius 2 is 2.00 bits per heavy atom. The Morgan fingerprint density at radius 3 is 2.61 bits per heavy atom. The number of hydrogen-bond donors (Lipinski definition) is 0. The van der Waals surface area contributed by atoms with Gasteiger partial charge in [0.1, 0.15) is 0 Å². The minimum Gasteiger partial charge on any atom is -0.466 e. The Labute approximate surface area is 112 Å². The predicted octanol–water partition coefficient (Wildman–Crippen LogP) is 4.65. The zero-order chi connectivity index (χ0) is 13.8. The molecule has 0 aliphatic carbocycles. The molecular formula is C16H28O2. The normalized spacial score (nSPS) is 11.6. The van der Waals surface area contributed by atoms with Crippen LogP contribution in [0.1, 0.15) is 66.2 Å². The molecule has 0 rings (SSSR count). The predicted molar refractivity (Wildman–Crippen MR) is 76.4 cm³/mol. The highest BCUT2D eigenvalue weighted by Gasteiger charge is 2.01. The van der Waals surface area contributed by atoms with Gasteiger partial charge in [0.25, 0.3) is 0 Å². The molecule has 0 bridgehead atoms. The van der Waals surface area contributed by atoms with E-state index < -0.39 is 0 Å². The van der Waals surface area contributed by atoms with Gasteiger partial charge in [0.2, 0.25) is 0 Å². The first kappa shape index (κ1) is 17.0. The minimum absolute atomic E-state index is 0.0920. The van der Waals surface area contributed by atoms with E-state index in [2.05, 4.69) is 32.6 Å². The maximum atomic E-state index is 11.1. The summed E-state index contributed by atoms with van der Waals surface area (Å²) >= 11 is 0. The number of carbonyl (C=O) groups is 1. The van der Waals surface area contributed by atoms with Gasteiger partial charge in [-0.25, -0.2) is 0 Å². The molecule has 2 nitrogen and oxygen atoms in total. The number of unbranched alkanes of at least 4 members (excludes halogenated alkanes) is 1. The molecule has 1 unspecified atom stereocenters. The lowest BCUT2D eigenvalue weighted by atomic mass is 10.0. The third kappa shape index (κ3) is 10.2. The number of rotatable bonds is 9. The van der Waals surface area contributed by atoms with Gasteiger partial charge in [-0.15, -0.1) is 5.73 Å². The molecule has 0 aromatic rings. The summed E-state index contributed by atoms with van der Waals surface area (Å²) in [6.07, 6.45) is 8.22. The molecule has 0 N–H and O–H groups in total. The van der Waals surface area contributed by atoms with Crippen LogP contribution in [0.5, 0.6) is 0 Å². The number of allylic oxidation sites excluding steroid dienone is 1. The van der Waals surface area contributed by atoms with Gasteiger partial charge in [0.05, 0.1) is 6.61 Å². The lowest BCUT2D eigenvalue weighted by molar-refractivity contribution is -0.143. The van der Waals surface area contributed by atoms with Gasteiger partial charge >= 0.3 is 5.97 Å². The molecule has 0 heterocycles. The minimum atomic E-state index is -0.0920. The highest BCUT2D eigenvalue weighted by molar-refractivity contribution is 5.69. The molecule has 0 spiro atoms. The molecule has 0 radical (unpaired) electrons. The van der Waals surface area contributed by atoms with Crippen molar-refractivity contribution in [2.75, 3.05) is 6.61 Å². The molecule has 104 valence electrons. The van der Waals surface area contributed by atoms with Crippen molar-refractivity contribution in [2.24, 2.45) is 5.92 Å². The average Bonchev–Trinajstić information content (AvgIpc) is 2.34. The molecule has 0 aliphatic rings. The lowest BCUT2D eigenvalue weighted by Gasteiger charge is -2.03. The summed E-state index contributed by atoms with van der Waals surface area (Å²) in [4.78, 5) is 11.1. The molecule has 0 aliphatic heterocycles. The van der Waals surface area contributed by atoms with Crippen LogP contribution in [0.4, 0.5) is 0 Å². The molecule has 0 aromatic carbocycles. The van der Waals surface area contributed by atoms with Crippen molar-refractivity contribution in [1.82, 2.24) is 0 Å². The van der Waals surface area contributed by atoms with Crippen molar-refractivity contribution >= 4 is 5.97 Å². The van der Waals surface area contributed by atoms with Crippen LogP contribution in [0.3, 0.4) is 0 Å². The molecular weight excluding hydrogens is 224 g/mol. The Bertz CT molecular complexity index is 285. The third-order valence-electron chi connectivity index (χ3n) is 2.87. The molecule has 0 saturated heterocycles. The van der Waals surface area contributed by atoms with Crippen LogP contribution in [-0.2, 0) is 9.53 Å². The molecule has 1 atom stereocenters. The largest absolute Gasteiger partial charge is 0.466 e. The monoisotopic (exact) mass is 252 g/mol. The smallest absolute Gasteiger partial charge is 0.305 e. The fraction of sp³-hybridized carbons (Fsp3) is 0.750. The Balaban J connectivity index is 3.89. The quantitative estimate of drug-likeness (QED) is 0.441. The van der Waals surface area contributed by atoms with Crippen molar-refractivity contribution < 1.29 is 9.53 Å². The van der Waals surface area contributed by atoms with Crippen LogP contribution in [0, 0.1) is 5.92 Å². The molecule has 2 heteroatoms. The maximum absolute atomic E-state index is 11.1. The third-order valence-corrected chi connectivity index (χ3v) is 2.87.